The summed E-state index contributed by atoms with van der Waals surface area (Å²) in [7, 11) is 0. The average Bonchev–Trinajstić information content (AvgIpc) is 2.10. The number of rotatable bonds is 2. The number of hydrogen-bond acceptors (Lipinski definition) is 2. The molecule has 5 heteroatoms. The van der Waals surface area contributed by atoms with Crippen molar-refractivity contribution in [2.24, 2.45) is 0 Å². The van der Waals surface area contributed by atoms with Gasteiger partial charge >= 0.3 is 0 Å². The lowest BCUT2D eigenvalue weighted by Gasteiger charge is -2.28. The lowest BCUT2D eigenvalue weighted by Crippen LogP contribution is -2.50. The summed E-state index contributed by atoms with van der Waals surface area (Å²) in [5, 5.41) is 2.99. The predicted molar refractivity (Wildman–Crippen MR) is 51.3 cm³/mol. The van der Waals surface area contributed by atoms with Crippen molar-refractivity contribution in [1.82, 2.24) is 5.32 Å². The molecule has 2 rings (SSSR count). The normalized spacial score (nSPS) is 16.5. The molecule has 2 nitrogen and oxygen atoms in total. The molecule has 1 aromatic rings. The van der Waals surface area contributed by atoms with E-state index in [1.165, 1.54) is 12.1 Å². The zero-order valence-electron chi connectivity index (χ0n) is 7.19. The quantitative estimate of drug-likeness (QED) is 0.826. The first-order valence-electron chi connectivity index (χ1n) is 4.19. The van der Waals surface area contributed by atoms with Gasteiger partial charge in [0.1, 0.15) is 11.9 Å². The molecule has 1 N–H and O–H groups in total. The second kappa shape index (κ2) is 3.82. The summed E-state index contributed by atoms with van der Waals surface area (Å²) >= 11 is 2.81. The van der Waals surface area contributed by atoms with E-state index in [9.17, 15) is 8.78 Å². The average molecular weight is 264 g/mol. The topological polar surface area (TPSA) is 21.3 Å². The van der Waals surface area contributed by atoms with E-state index in [0.717, 1.165) is 0 Å². The highest BCUT2D eigenvalue weighted by molar-refractivity contribution is 9.10. The van der Waals surface area contributed by atoms with Gasteiger partial charge in [-0.15, -0.1) is 0 Å². The van der Waals surface area contributed by atoms with E-state index < -0.39 is 11.6 Å². The third-order valence-electron chi connectivity index (χ3n) is 2.04. The first-order chi connectivity index (χ1) is 6.68. The molecule has 0 saturated carbocycles. The van der Waals surface area contributed by atoms with E-state index in [2.05, 4.69) is 21.2 Å². The molecule has 1 saturated heterocycles. The molecule has 0 bridgehead atoms. The van der Waals surface area contributed by atoms with E-state index in [0.29, 0.717) is 13.1 Å². The molecule has 0 aromatic heterocycles. The van der Waals surface area contributed by atoms with Crippen LogP contribution >= 0.6 is 15.9 Å². The first-order valence-corrected chi connectivity index (χ1v) is 4.98. The van der Waals surface area contributed by atoms with Gasteiger partial charge in [-0.1, -0.05) is 0 Å². The van der Waals surface area contributed by atoms with Crippen LogP contribution in [0.1, 0.15) is 0 Å². The smallest absolute Gasteiger partial charge is 0.182 e. The predicted octanol–water partition coefficient (Wildman–Crippen LogP) is 2.08. The molecule has 0 amide bonds. The fourth-order valence-corrected chi connectivity index (χ4v) is 1.45. The third-order valence-corrected chi connectivity index (χ3v) is 2.76. The van der Waals surface area contributed by atoms with Crippen LogP contribution in [0.4, 0.5) is 8.78 Å². The van der Waals surface area contributed by atoms with Crippen LogP contribution in [-0.2, 0) is 0 Å². The standard InChI is InChI=1S/C9H8BrF2NO/c10-8-6(11)1-2-7(9(8)12)14-5-3-13-4-5/h1-2,5,13H,3-4H2. The number of hydrogen-bond donors (Lipinski definition) is 1. The Morgan fingerprint density at radius 2 is 2.07 bits per heavy atom. The van der Waals surface area contributed by atoms with Crippen molar-refractivity contribution >= 4 is 15.9 Å². The van der Waals surface area contributed by atoms with Crippen LogP contribution in [-0.4, -0.2) is 19.2 Å². The van der Waals surface area contributed by atoms with Gasteiger partial charge in [0.25, 0.3) is 0 Å². The van der Waals surface area contributed by atoms with E-state index in [-0.39, 0.29) is 16.3 Å². The van der Waals surface area contributed by atoms with Gasteiger partial charge in [-0.2, -0.15) is 0 Å². The van der Waals surface area contributed by atoms with Crippen LogP contribution in [0.15, 0.2) is 16.6 Å². The fraction of sp³-hybridized carbons (Fsp3) is 0.333. The maximum Gasteiger partial charge on any atom is 0.182 e. The molecule has 0 spiro atoms. The number of nitrogens with one attached hydrogen (secondary N) is 1. The molecule has 1 aliphatic rings. The van der Waals surface area contributed by atoms with Gasteiger partial charge in [0.2, 0.25) is 0 Å². The molecule has 1 heterocycles. The number of halogens is 3. The molecule has 0 atom stereocenters. The van der Waals surface area contributed by atoms with Gasteiger partial charge in [0.15, 0.2) is 11.6 Å². The zero-order chi connectivity index (χ0) is 10.1. The van der Waals surface area contributed by atoms with Crippen LogP contribution in [0.3, 0.4) is 0 Å². The van der Waals surface area contributed by atoms with Gasteiger partial charge < -0.3 is 10.1 Å². The highest BCUT2D eigenvalue weighted by Gasteiger charge is 2.21. The molecule has 0 unspecified atom stereocenters. The molecule has 1 aliphatic heterocycles. The summed E-state index contributed by atoms with van der Waals surface area (Å²) < 4.78 is 31.3. The molecule has 0 aliphatic carbocycles. The number of benzene rings is 1. The van der Waals surface area contributed by atoms with Crippen molar-refractivity contribution in [3.63, 3.8) is 0 Å². The van der Waals surface area contributed by atoms with Crippen molar-refractivity contribution in [3.8, 4) is 5.75 Å². The van der Waals surface area contributed by atoms with Gasteiger partial charge in [0.05, 0.1) is 4.47 Å². The van der Waals surface area contributed by atoms with Crippen LogP contribution in [0.25, 0.3) is 0 Å². The minimum atomic E-state index is -0.683. The monoisotopic (exact) mass is 263 g/mol. The van der Waals surface area contributed by atoms with Crippen molar-refractivity contribution in [1.29, 1.82) is 0 Å². The van der Waals surface area contributed by atoms with Gasteiger partial charge in [0, 0.05) is 13.1 Å². The SMILES string of the molecule is Fc1ccc(OC2CNC2)c(F)c1Br. The molecule has 1 aromatic carbocycles. The van der Waals surface area contributed by atoms with Crippen LogP contribution in [0.5, 0.6) is 5.75 Å². The van der Waals surface area contributed by atoms with Gasteiger partial charge in [-0.3, -0.25) is 0 Å². The second-order valence-corrected chi connectivity index (χ2v) is 3.86. The second-order valence-electron chi connectivity index (χ2n) is 3.07. The minimum Gasteiger partial charge on any atom is -0.485 e. The summed E-state index contributed by atoms with van der Waals surface area (Å²) in [6.07, 6.45) is -0.0122. The molecular formula is C9H8BrF2NO. The van der Waals surface area contributed by atoms with Crippen LogP contribution in [0, 0.1) is 11.6 Å². The molecule has 1 fully saturated rings. The fourth-order valence-electron chi connectivity index (χ4n) is 1.12. The van der Waals surface area contributed by atoms with Crippen LogP contribution in [0.2, 0.25) is 0 Å². The van der Waals surface area contributed by atoms with E-state index in [4.69, 9.17) is 4.74 Å². The van der Waals surface area contributed by atoms with Crippen molar-refractivity contribution in [2.45, 2.75) is 6.10 Å². The summed E-state index contributed by atoms with van der Waals surface area (Å²) in [5.74, 6) is -1.22. The maximum atomic E-state index is 13.4. The van der Waals surface area contributed by atoms with Gasteiger partial charge in [-0.05, 0) is 28.1 Å². The summed E-state index contributed by atoms with van der Waals surface area (Å²) in [5.41, 5.74) is 0. The Hall–Kier alpha value is -0.680. The van der Waals surface area contributed by atoms with E-state index in [1.807, 2.05) is 0 Å². The first kappa shape index (κ1) is 9.86. The Morgan fingerprint density at radius 1 is 1.36 bits per heavy atom. The van der Waals surface area contributed by atoms with Crippen molar-refractivity contribution in [3.05, 3.63) is 28.2 Å². The Kier molecular flexibility index (Phi) is 2.69. The van der Waals surface area contributed by atoms with Crippen molar-refractivity contribution < 1.29 is 13.5 Å². The summed E-state index contributed by atoms with van der Waals surface area (Å²) in [6.45, 7) is 1.41. The largest absolute Gasteiger partial charge is 0.485 e. The van der Waals surface area contributed by atoms with Crippen molar-refractivity contribution in [2.75, 3.05) is 13.1 Å². The highest BCUT2D eigenvalue weighted by atomic mass is 79.9. The third kappa shape index (κ3) is 1.74. The molecule has 0 radical (unpaired) electrons. The minimum absolute atomic E-state index is 0.0122. The Labute approximate surface area is 88.4 Å². The van der Waals surface area contributed by atoms with Crippen LogP contribution < -0.4 is 10.1 Å². The number of ether oxygens (including phenoxy) is 1. The summed E-state index contributed by atoms with van der Waals surface area (Å²) in [4.78, 5) is 0. The van der Waals surface area contributed by atoms with E-state index >= 15 is 0 Å². The lowest BCUT2D eigenvalue weighted by molar-refractivity contribution is 0.136. The molecule has 14 heavy (non-hydrogen) atoms. The summed E-state index contributed by atoms with van der Waals surface area (Å²) in [6, 6.07) is 2.47. The maximum absolute atomic E-state index is 13.4. The van der Waals surface area contributed by atoms with E-state index in [1.54, 1.807) is 0 Å². The Balaban J connectivity index is 2.20. The Bertz CT molecular complexity index is 355. The van der Waals surface area contributed by atoms with Gasteiger partial charge in [-0.25, -0.2) is 8.78 Å². The zero-order valence-corrected chi connectivity index (χ0v) is 8.77. The Morgan fingerprint density at radius 3 is 2.64 bits per heavy atom. The molecular weight excluding hydrogens is 256 g/mol. The highest BCUT2D eigenvalue weighted by Crippen LogP contribution is 2.28. The lowest BCUT2D eigenvalue weighted by atomic mass is 10.2. The molecule has 76 valence electrons.